The van der Waals surface area contributed by atoms with Gasteiger partial charge in [0.15, 0.2) is 0 Å². The summed E-state index contributed by atoms with van der Waals surface area (Å²) < 4.78 is 12.8. The van der Waals surface area contributed by atoms with E-state index in [0.29, 0.717) is 11.3 Å². The van der Waals surface area contributed by atoms with Crippen molar-refractivity contribution < 1.29 is 14.0 Å². The summed E-state index contributed by atoms with van der Waals surface area (Å²) in [6, 6.07) is 13.9. The normalized spacial score (nSPS) is 16.4. The SMILES string of the molecule is CCN1CCN(C(=O)c2ccc(F)cc2)CC1.Cc1ccc2cc(C(=O)N3CCCC3)[nH]c2c1. The number of amides is 2. The van der Waals surface area contributed by atoms with E-state index >= 15 is 0 Å². The van der Waals surface area contributed by atoms with E-state index < -0.39 is 0 Å². The van der Waals surface area contributed by atoms with Crippen molar-refractivity contribution in [1.82, 2.24) is 19.7 Å². The first-order valence-electron chi connectivity index (χ1n) is 12.1. The maximum absolute atomic E-state index is 12.8. The van der Waals surface area contributed by atoms with E-state index in [1.165, 1.54) is 17.7 Å². The van der Waals surface area contributed by atoms with Crippen molar-refractivity contribution in [2.24, 2.45) is 0 Å². The molecule has 0 aliphatic carbocycles. The molecule has 0 radical (unpaired) electrons. The van der Waals surface area contributed by atoms with E-state index in [4.69, 9.17) is 0 Å². The lowest BCUT2D eigenvalue weighted by molar-refractivity contribution is 0.0643. The molecule has 2 aliphatic heterocycles. The number of likely N-dealkylation sites (tertiary alicyclic amines) is 1. The number of aromatic amines is 1. The van der Waals surface area contributed by atoms with Crippen molar-refractivity contribution in [3.05, 3.63) is 71.2 Å². The highest BCUT2D eigenvalue weighted by Crippen LogP contribution is 2.19. The van der Waals surface area contributed by atoms with Crippen molar-refractivity contribution in [2.45, 2.75) is 26.7 Å². The average Bonchev–Trinajstić information content (AvgIpc) is 3.54. The minimum absolute atomic E-state index is 0.000697. The Morgan fingerprint density at radius 3 is 2.15 bits per heavy atom. The summed E-state index contributed by atoms with van der Waals surface area (Å²) in [4.78, 5) is 33.6. The third kappa shape index (κ3) is 5.65. The van der Waals surface area contributed by atoms with Gasteiger partial charge in [0, 0.05) is 55.7 Å². The smallest absolute Gasteiger partial charge is 0.270 e. The van der Waals surface area contributed by atoms with Crippen LogP contribution < -0.4 is 0 Å². The molecule has 6 nitrogen and oxygen atoms in total. The Morgan fingerprint density at radius 1 is 0.853 bits per heavy atom. The summed E-state index contributed by atoms with van der Waals surface area (Å²) in [5.41, 5.74) is 3.54. The Morgan fingerprint density at radius 2 is 1.50 bits per heavy atom. The van der Waals surface area contributed by atoms with Crippen molar-refractivity contribution in [3.63, 3.8) is 0 Å². The van der Waals surface area contributed by atoms with Crippen molar-refractivity contribution in [2.75, 3.05) is 45.8 Å². The predicted molar refractivity (Wildman–Crippen MR) is 133 cm³/mol. The van der Waals surface area contributed by atoms with Gasteiger partial charge in [0.2, 0.25) is 0 Å². The van der Waals surface area contributed by atoms with Crippen LogP contribution in [0.25, 0.3) is 10.9 Å². The minimum Gasteiger partial charge on any atom is -0.351 e. The number of carbonyl (C=O) groups excluding carboxylic acids is 2. The second kappa shape index (κ2) is 10.8. The molecule has 1 aromatic heterocycles. The van der Waals surface area contributed by atoms with E-state index in [-0.39, 0.29) is 17.6 Å². The molecule has 180 valence electrons. The number of fused-ring (bicyclic) bond motifs is 1. The topological polar surface area (TPSA) is 59.7 Å². The highest BCUT2D eigenvalue weighted by Gasteiger charge is 2.22. The molecular weight excluding hydrogens is 431 g/mol. The van der Waals surface area contributed by atoms with Crippen LogP contribution in [-0.2, 0) is 0 Å². The van der Waals surface area contributed by atoms with Crippen LogP contribution in [0.15, 0.2) is 48.5 Å². The van der Waals surface area contributed by atoms with Gasteiger partial charge in [0.05, 0.1) is 0 Å². The maximum atomic E-state index is 12.8. The van der Waals surface area contributed by atoms with Gasteiger partial charge in [-0.25, -0.2) is 4.39 Å². The number of benzene rings is 2. The Labute approximate surface area is 200 Å². The Balaban J connectivity index is 0.000000161. The Hall–Kier alpha value is -3.19. The number of H-pyrrole nitrogens is 1. The molecular formula is C27H33FN4O2. The fraction of sp³-hybridized carbons (Fsp3) is 0.407. The van der Waals surface area contributed by atoms with Gasteiger partial charge in [0.25, 0.3) is 11.8 Å². The fourth-order valence-corrected chi connectivity index (χ4v) is 4.49. The molecule has 0 atom stereocenters. The van der Waals surface area contributed by atoms with E-state index in [0.717, 1.165) is 69.6 Å². The van der Waals surface area contributed by atoms with Crippen LogP contribution in [0.5, 0.6) is 0 Å². The van der Waals surface area contributed by atoms with Crippen LogP contribution >= 0.6 is 0 Å². The zero-order chi connectivity index (χ0) is 24.1. The molecule has 0 spiro atoms. The second-order valence-electron chi connectivity index (χ2n) is 9.01. The summed E-state index contributed by atoms with van der Waals surface area (Å²) in [6.45, 7) is 10.3. The van der Waals surface area contributed by atoms with Gasteiger partial charge < -0.3 is 19.7 Å². The van der Waals surface area contributed by atoms with E-state index in [2.05, 4.69) is 41.9 Å². The molecule has 7 heteroatoms. The van der Waals surface area contributed by atoms with Crippen molar-refractivity contribution in [3.8, 4) is 0 Å². The summed E-state index contributed by atoms with van der Waals surface area (Å²) in [5.74, 6) is -0.172. The van der Waals surface area contributed by atoms with Gasteiger partial charge in [-0.2, -0.15) is 0 Å². The lowest BCUT2D eigenvalue weighted by atomic mass is 10.2. The average molecular weight is 465 g/mol. The summed E-state index contributed by atoms with van der Waals surface area (Å²) in [7, 11) is 0. The Bertz CT molecular complexity index is 1130. The molecule has 0 unspecified atom stereocenters. The molecule has 5 rings (SSSR count). The number of likely N-dealkylation sites (N-methyl/N-ethyl adjacent to an activating group) is 1. The lowest BCUT2D eigenvalue weighted by Gasteiger charge is -2.34. The summed E-state index contributed by atoms with van der Waals surface area (Å²) in [6.07, 6.45) is 2.26. The largest absolute Gasteiger partial charge is 0.351 e. The van der Waals surface area contributed by atoms with Crippen LogP contribution in [0, 0.1) is 12.7 Å². The van der Waals surface area contributed by atoms with E-state index in [1.54, 1.807) is 12.1 Å². The van der Waals surface area contributed by atoms with Crippen LogP contribution in [-0.4, -0.2) is 77.3 Å². The standard InChI is InChI=1S/C14H16N2O.C13H17FN2O/c1-10-4-5-11-9-13(15-12(11)8-10)14(17)16-6-2-3-7-16;1-2-15-7-9-16(10-8-15)13(17)11-3-5-12(14)6-4-11/h4-5,8-9,15H,2-3,6-7H2,1H3;3-6H,2,7-10H2,1H3. The third-order valence-electron chi connectivity index (χ3n) is 6.60. The van der Waals surface area contributed by atoms with E-state index in [1.807, 2.05) is 15.9 Å². The predicted octanol–water partition coefficient (Wildman–Crippen LogP) is 4.32. The first-order chi connectivity index (χ1) is 16.4. The monoisotopic (exact) mass is 464 g/mol. The number of piperazine rings is 1. The number of hydrogen-bond acceptors (Lipinski definition) is 3. The third-order valence-corrected chi connectivity index (χ3v) is 6.60. The number of aromatic nitrogens is 1. The Kier molecular flexibility index (Phi) is 7.63. The molecule has 2 aromatic carbocycles. The summed E-state index contributed by atoms with van der Waals surface area (Å²) >= 11 is 0. The van der Waals surface area contributed by atoms with Gasteiger partial charge in [0.1, 0.15) is 11.5 Å². The van der Waals surface area contributed by atoms with Gasteiger partial charge in [-0.1, -0.05) is 19.1 Å². The van der Waals surface area contributed by atoms with Gasteiger partial charge in [-0.3, -0.25) is 9.59 Å². The number of rotatable bonds is 3. The lowest BCUT2D eigenvalue weighted by Crippen LogP contribution is -2.48. The quantitative estimate of drug-likeness (QED) is 0.628. The molecule has 2 amide bonds. The molecule has 34 heavy (non-hydrogen) atoms. The van der Waals surface area contributed by atoms with Crippen LogP contribution in [0.4, 0.5) is 4.39 Å². The van der Waals surface area contributed by atoms with Crippen LogP contribution in [0.3, 0.4) is 0 Å². The maximum Gasteiger partial charge on any atom is 0.270 e. The minimum atomic E-state index is -0.308. The highest BCUT2D eigenvalue weighted by molar-refractivity contribution is 5.98. The molecule has 3 aromatic rings. The molecule has 1 N–H and O–H groups in total. The fourth-order valence-electron chi connectivity index (χ4n) is 4.49. The molecule has 2 aliphatic rings. The van der Waals surface area contributed by atoms with Crippen molar-refractivity contribution in [1.29, 1.82) is 0 Å². The van der Waals surface area contributed by atoms with Crippen LogP contribution in [0.1, 0.15) is 46.2 Å². The number of nitrogens with zero attached hydrogens (tertiary/aromatic N) is 3. The molecule has 3 heterocycles. The number of carbonyl (C=O) groups is 2. The molecule has 0 bridgehead atoms. The van der Waals surface area contributed by atoms with Crippen LogP contribution in [0.2, 0.25) is 0 Å². The van der Waals surface area contributed by atoms with Crippen molar-refractivity contribution >= 4 is 22.7 Å². The summed E-state index contributed by atoms with van der Waals surface area (Å²) in [5, 5.41) is 1.11. The number of halogens is 1. The first-order valence-corrected chi connectivity index (χ1v) is 12.1. The number of nitrogens with one attached hydrogen (secondary N) is 1. The highest BCUT2D eigenvalue weighted by atomic mass is 19.1. The molecule has 0 saturated carbocycles. The zero-order valence-corrected chi connectivity index (χ0v) is 20.0. The molecule has 2 saturated heterocycles. The number of aryl methyl sites for hydroxylation is 1. The van der Waals surface area contributed by atoms with Gasteiger partial charge in [-0.05, 0) is 68.3 Å². The zero-order valence-electron chi connectivity index (χ0n) is 20.0. The van der Waals surface area contributed by atoms with Gasteiger partial charge >= 0.3 is 0 Å². The van der Waals surface area contributed by atoms with E-state index in [9.17, 15) is 14.0 Å². The second-order valence-corrected chi connectivity index (χ2v) is 9.01. The number of hydrogen-bond donors (Lipinski definition) is 1. The molecule has 2 fully saturated rings. The first kappa shape index (κ1) is 24.0. The van der Waals surface area contributed by atoms with Gasteiger partial charge in [-0.15, -0.1) is 0 Å².